The van der Waals surface area contributed by atoms with Gasteiger partial charge in [0.15, 0.2) is 10.9 Å². The molecule has 11 heteroatoms. The normalized spacial score (nSPS) is 11.5. The lowest BCUT2D eigenvalue weighted by Crippen LogP contribution is -2.16. The monoisotopic (exact) mass is 415 g/mol. The fourth-order valence-electron chi connectivity index (χ4n) is 2.10. The van der Waals surface area contributed by atoms with Crippen LogP contribution >= 0.6 is 11.8 Å². The average Bonchev–Trinajstić information content (AvgIpc) is 3.17. The van der Waals surface area contributed by atoms with Crippen molar-refractivity contribution in [1.29, 1.82) is 0 Å². The van der Waals surface area contributed by atoms with Crippen LogP contribution in [-0.2, 0) is 11.0 Å². The van der Waals surface area contributed by atoms with Crippen molar-refractivity contribution in [2.45, 2.75) is 11.3 Å². The molecule has 0 fully saturated rings. The molecule has 0 atom stereocenters. The average molecular weight is 415 g/mol. The number of halogens is 5. The van der Waals surface area contributed by atoms with E-state index in [4.69, 9.17) is 4.42 Å². The number of alkyl halides is 3. The predicted molar refractivity (Wildman–Crippen MR) is 90.4 cm³/mol. The standard InChI is InChI=1S/C17H10F5N3O2S/c18-9-3-4-10(19)11(6-9)23-15(26)8-28-16-24-12(13-2-1-5-27-13)7-14(25-16)17(20,21)22/h1-7H,8H2,(H,23,26). The fourth-order valence-corrected chi connectivity index (χ4v) is 2.75. The van der Waals surface area contributed by atoms with Crippen LogP contribution < -0.4 is 5.32 Å². The van der Waals surface area contributed by atoms with Crippen LogP contribution in [0.15, 0.2) is 52.2 Å². The predicted octanol–water partition coefficient (Wildman–Crippen LogP) is 4.76. The number of nitrogens with one attached hydrogen (secondary N) is 1. The number of hydrogen-bond acceptors (Lipinski definition) is 5. The van der Waals surface area contributed by atoms with Crippen LogP contribution in [0, 0.1) is 11.6 Å². The molecular weight excluding hydrogens is 405 g/mol. The van der Waals surface area contributed by atoms with Crippen molar-refractivity contribution in [2.24, 2.45) is 0 Å². The summed E-state index contributed by atoms with van der Waals surface area (Å²) in [4.78, 5) is 19.3. The molecule has 0 unspecified atom stereocenters. The highest BCUT2D eigenvalue weighted by Crippen LogP contribution is 2.32. The van der Waals surface area contributed by atoms with Gasteiger partial charge in [0.25, 0.3) is 0 Å². The molecule has 3 rings (SSSR count). The summed E-state index contributed by atoms with van der Waals surface area (Å²) in [5.41, 5.74) is -1.69. The molecule has 0 radical (unpaired) electrons. The topological polar surface area (TPSA) is 68.0 Å². The minimum atomic E-state index is -4.73. The number of anilines is 1. The fraction of sp³-hybridized carbons (Fsp3) is 0.118. The van der Waals surface area contributed by atoms with Crippen molar-refractivity contribution in [3.63, 3.8) is 0 Å². The van der Waals surface area contributed by atoms with Gasteiger partial charge in [0.2, 0.25) is 5.91 Å². The molecule has 5 nitrogen and oxygen atoms in total. The lowest BCUT2D eigenvalue weighted by molar-refractivity contribution is -0.141. The maximum atomic E-state index is 13.5. The van der Waals surface area contributed by atoms with Crippen LogP contribution in [-0.4, -0.2) is 21.6 Å². The molecular formula is C17H10F5N3O2S. The molecule has 146 valence electrons. The second kappa shape index (κ2) is 7.97. The van der Waals surface area contributed by atoms with E-state index in [1.807, 2.05) is 0 Å². The molecule has 0 aliphatic rings. The molecule has 0 spiro atoms. The van der Waals surface area contributed by atoms with Gasteiger partial charge in [0.05, 0.1) is 17.7 Å². The third kappa shape index (κ3) is 4.85. The zero-order valence-electron chi connectivity index (χ0n) is 13.8. The highest BCUT2D eigenvalue weighted by molar-refractivity contribution is 7.99. The lowest BCUT2D eigenvalue weighted by atomic mass is 10.2. The lowest BCUT2D eigenvalue weighted by Gasteiger charge is -2.10. The zero-order chi connectivity index (χ0) is 20.3. The first-order chi connectivity index (χ1) is 13.2. The minimum Gasteiger partial charge on any atom is -0.463 e. The Morgan fingerprint density at radius 1 is 1.14 bits per heavy atom. The van der Waals surface area contributed by atoms with Gasteiger partial charge in [0.1, 0.15) is 23.0 Å². The number of carbonyl (C=O) groups is 1. The smallest absolute Gasteiger partial charge is 0.433 e. The second-order valence-corrected chi connectivity index (χ2v) is 6.30. The molecule has 0 saturated carbocycles. The van der Waals surface area contributed by atoms with Crippen molar-refractivity contribution in [3.05, 3.63) is 60.0 Å². The molecule has 3 aromatic rings. The molecule has 0 bridgehead atoms. The summed E-state index contributed by atoms with van der Waals surface area (Å²) in [6.07, 6.45) is -3.45. The number of hydrogen-bond donors (Lipinski definition) is 1. The van der Waals surface area contributed by atoms with E-state index >= 15 is 0 Å². The van der Waals surface area contributed by atoms with E-state index in [1.165, 1.54) is 18.4 Å². The van der Waals surface area contributed by atoms with Crippen LogP contribution in [0.3, 0.4) is 0 Å². The second-order valence-electron chi connectivity index (χ2n) is 5.36. The van der Waals surface area contributed by atoms with Gasteiger partial charge < -0.3 is 9.73 Å². The van der Waals surface area contributed by atoms with Gasteiger partial charge in [-0.05, 0) is 30.3 Å². The molecule has 0 saturated heterocycles. The summed E-state index contributed by atoms with van der Waals surface area (Å²) < 4.78 is 70.9. The van der Waals surface area contributed by atoms with Crippen LogP contribution in [0.5, 0.6) is 0 Å². The third-order valence-corrected chi connectivity index (χ3v) is 4.15. The maximum absolute atomic E-state index is 13.5. The van der Waals surface area contributed by atoms with Crippen molar-refractivity contribution >= 4 is 23.4 Å². The number of rotatable bonds is 5. The summed E-state index contributed by atoms with van der Waals surface area (Å²) >= 11 is 0.607. The first kappa shape index (κ1) is 19.8. The molecule has 1 aromatic carbocycles. The molecule has 1 amide bonds. The van der Waals surface area contributed by atoms with E-state index in [1.54, 1.807) is 0 Å². The molecule has 2 aromatic heterocycles. The van der Waals surface area contributed by atoms with Gasteiger partial charge in [-0.1, -0.05) is 11.8 Å². The molecule has 0 aliphatic carbocycles. The summed E-state index contributed by atoms with van der Waals surface area (Å²) in [7, 11) is 0. The van der Waals surface area contributed by atoms with Crippen molar-refractivity contribution in [2.75, 3.05) is 11.1 Å². The Hall–Kier alpha value is -2.95. The number of thioether (sulfide) groups is 1. The van der Waals surface area contributed by atoms with E-state index in [0.29, 0.717) is 11.8 Å². The van der Waals surface area contributed by atoms with Crippen molar-refractivity contribution in [3.8, 4) is 11.5 Å². The van der Waals surface area contributed by atoms with Crippen molar-refractivity contribution in [1.82, 2.24) is 9.97 Å². The van der Waals surface area contributed by atoms with E-state index in [0.717, 1.165) is 24.3 Å². The summed E-state index contributed by atoms with van der Waals surface area (Å²) in [6, 6.07) is 6.14. The Bertz CT molecular complexity index is 993. The summed E-state index contributed by atoms with van der Waals surface area (Å²) in [5.74, 6) is -2.70. The first-order valence-electron chi connectivity index (χ1n) is 7.60. The van der Waals surface area contributed by atoms with Gasteiger partial charge >= 0.3 is 6.18 Å². The van der Waals surface area contributed by atoms with Gasteiger partial charge in [-0.2, -0.15) is 13.2 Å². The highest BCUT2D eigenvalue weighted by atomic mass is 32.2. The van der Waals surface area contributed by atoms with Gasteiger partial charge in [-0.25, -0.2) is 18.7 Å². The minimum absolute atomic E-state index is 0.0982. The number of aromatic nitrogens is 2. The van der Waals surface area contributed by atoms with Gasteiger partial charge in [-0.15, -0.1) is 0 Å². The van der Waals surface area contributed by atoms with E-state index in [-0.39, 0.29) is 22.3 Å². The van der Waals surface area contributed by atoms with E-state index in [2.05, 4.69) is 15.3 Å². The Labute approximate surface area is 159 Å². The summed E-state index contributed by atoms with van der Waals surface area (Å²) in [6.45, 7) is 0. The quantitative estimate of drug-likeness (QED) is 0.370. The van der Waals surface area contributed by atoms with Crippen LogP contribution in [0.2, 0.25) is 0 Å². The maximum Gasteiger partial charge on any atom is 0.433 e. The highest BCUT2D eigenvalue weighted by Gasteiger charge is 2.34. The Kier molecular flexibility index (Phi) is 5.63. The van der Waals surface area contributed by atoms with Crippen molar-refractivity contribution < 1.29 is 31.2 Å². The molecule has 28 heavy (non-hydrogen) atoms. The number of nitrogens with zero attached hydrogens (tertiary/aromatic N) is 2. The largest absolute Gasteiger partial charge is 0.463 e. The third-order valence-electron chi connectivity index (χ3n) is 3.30. The van der Waals surface area contributed by atoms with E-state index < -0.39 is 35.2 Å². The van der Waals surface area contributed by atoms with Crippen LogP contribution in [0.1, 0.15) is 5.69 Å². The molecule has 1 N–H and O–H groups in total. The molecule has 2 heterocycles. The van der Waals surface area contributed by atoms with Gasteiger partial charge in [0, 0.05) is 6.07 Å². The Balaban J connectivity index is 1.77. The van der Waals surface area contributed by atoms with Crippen LogP contribution in [0.4, 0.5) is 27.6 Å². The Morgan fingerprint density at radius 2 is 1.93 bits per heavy atom. The SMILES string of the molecule is O=C(CSc1nc(-c2ccco2)cc(C(F)(F)F)n1)Nc1cc(F)ccc1F. The number of furan rings is 1. The zero-order valence-corrected chi connectivity index (χ0v) is 14.6. The number of amides is 1. The summed E-state index contributed by atoms with van der Waals surface area (Å²) in [5, 5.41) is 1.81. The Morgan fingerprint density at radius 3 is 2.61 bits per heavy atom. The number of benzene rings is 1. The number of carbonyl (C=O) groups excluding carboxylic acids is 1. The van der Waals surface area contributed by atoms with Gasteiger partial charge in [-0.3, -0.25) is 4.79 Å². The van der Waals surface area contributed by atoms with E-state index in [9.17, 15) is 26.7 Å². The molecule has 0 aliphatic heterocycles. The first-order valence-corrected chi connectivity index (χ1v) is 8.59. The van der Waals surface area contributed by atoms with Crippen LogP contribution in [0.25, 0.3) is 11.5 Å².